The Hall–Kier alpha value is -0.485. The number of aliphatic hydroxyl groups excluding tert-OH is 1. The number of hydrogen-bond acceptors (Lipinski definition) is 4. The highest BCUT2D eigenvalue weighted by Gasteiger charge is 2.51. The van der Waals surface area contributed by atoms with Gasteiger partial charge in [0.25, 0.3) is 0 Å². The van der Waals surface area contributed by atoms with Gasteiger partial charge in [0.05, 0.1) is 17.8 Å². The minimum absolute atomic E-state index is 0.197. The van der Waals surface area contributed by atoms with Crippen LogP contribution in [-0.4, -0.2) is 35.8 Å². The van der Waals surface area contributed by atoms with E-state index in [0.717, 1.165) is 21.7 Å². The van der Waals surface area contributed by atoms with Crippen molar-refractivity contribution >= 4 is 24.3 Å². The Morgan fingerprint density at radius 3 is 2.25 bits per heavy atom. The third-order valence-electron chi connectivity index (χ3n) is 4.11. The molecule has 0 unspecified atom stereocenters. The van der Waals surface area contributed by atoms with Crippen LogP contribution in [-0.2, 0) is 9.31 Å². The summed E-state index contributed by atoms with van der Waals surface area (Å²) in [7, 11) is -0.308. The van der Waals surface area contributed by atoms with E-state index in [4.69, 9.17) is 14.4 Å². The van der Waals surface area contributed by atoms with Gasteiger partial charge in [-0.15, -0.1) is 11.8 Å². The number of rotatable bonds is 4. The average molecular weight is 294 g/mol. The molecule has 20 heavy (non-hydrogen) atoms. The minimum atomic E-state index is -0.311. The first-order valence-electron chi connectivity index (χ1n) is 6.97. The lowest BCUT2D eigenvalue weighted by Crippen LogP contribution is -2.41. The third-order valence-corrected chi connectivity index (χ3v) is 5.08. The zero-order valence-electron chi connectivity index (χ0n) is 12.9. The molecular formula is C15H23BO3S. The van der Waals surface area contributed by atoms with E-state index >= 15 is 0 Å². The number of thioether (sulfide) groups is 1. The summed E-state index contributed by atoms with van der Waals surface area (Å²) in [5.41, 5.74) is 1.62. The Labute approximate surface area is 126 Å². The second kappa shape index (κ2) is 5.72. The van der Waals surface area contributed by atoms with Crippen molar-refractivity contribution < 1.29 is 14.4 Å². The first-order valence-corrected chi connectivity index (χ1v) is 7.95. The van der Waals surface area contributed by atoms with Gasteiger partial charge in [-0.25, -0.2) is 0 Å². The maximum absolute atomic E-state index is 8.88. The second-order valence-electron chi connectivity index (χ2n) is 6.18. The van der Waals surface area contributed by atoms with Crippen LogP contribution in [0, 0.1) is 6.92 Å². The summed E-state index contributed by atoms with van der Waals surface area (Å²) in [5.74, 6) is 0.718. The number of aryl methyl sites for hydroxylation is 1. The Morgan fingerprint density at radius 2 is 1.75 bits per heavy atom. The Kier molecular flexibility index (Phi) is 4.55. The molecule has 1 aliphatic rings. The van der Waals surface area contributed by atoms with E-state index in [1.807, 2.05) is 0 Å². The summed E-state index contributed by atoms with van der Waals surface area (Å²) < 4.78 is 12.2. The quantitative estimate of drug-likeness (QED) is 0.683. The van der Waals surface area contributed by atoms with E-state index < -0.39 is 0 Å². The second-order valence-corrected chi connectivity index (χ2v) is 7.35. The van der Waals surface area contributed by atoms with Crippen LogP contribution in [0.2, 0.25) is 0 Å². The molecule has 5 heteroatoms. The predicted molar refractivity (Wildman–Crippen MR) is 84.7 cm³/mol. The minimum Gasteiger partial charge on any atom is -0.399 e. The van der Waals surface area contributed by atoms with Crippen LogP contribution in [0.3, 0.4) is 0 Å². The highest BCUT2D eigenvalue weighted by atomic mass is 32.2. The van der Waals surface area contributed by atoms with Gasteiger partial charge in [0.2, 0.25) is 0 Å². The van der Waals surface area contributed by atoms with Gasteiger partial charge in [0.15, 0.2) is 0 Å². The van der Waals surface area contributed by atoms with E-state index in [-0.39, 0.29) is 24.9 Å². The van der Waals surface area contributed by atoms with Crippen molar-refractivity contribution in [2.45, 2.75) is 50.7 Å². The number of hydrogen-bond donors (Lipinski definition) is 1. The molecule has 0 aromatic heterocycles. The van der Waals surface area contributed by atoms with Gasteiger partial charge in [0.1, 0.15) is 0 Å². The van der Waals surface area contributed by atoms with Gasteiger partial charge in [-0.3, -0.25) is 0 Å². The molecule has 2 rings (SSSR count). The van der Waals surface area contributed by atoms with Crippen LogP contribution in [0.4, 0.5) is 0 Å². The van der Waals surface area contributed by atoms with Gasteiger partial charge >= 0.3 is 7.12 Å². The summed E-state index contributed by atoms with van der Waals surface area (Å²) in [6, 6.07) is 6.26. The zero-order chi connectivity index (χ0) is 15.0. The molecule has 1 heterocycles. The molecule has 1 fully saturated rings. The van der Waals surface area contributed by atoms with Crippen molar-refractivity contribution in [2.75, 3.05) is 12.4 Å². The fourth-order valence-corrected chi connectivity index (χ4v) is 2.89. The van der Waals surface area contributed by atoms with Crippen LogP contribution in [0.5, 0.6) is 0 Å². The third kappa shape index (κ3) is 3.06. The molecule has 0 amide bonds. The van der Waals surface area contributed by atoms with E-state index in [0.29, 0.717) is 0 Å². The summed E-state index contributed by atoms with van der Waals surface area (Å²) in [4.78, 5) is 1.16. The highest BCUT2D eigenvalue weighted by Crippen LogP contribution is 2.36. The lowest BCUT2D eigenvalue weighted by Gasteiger charge is -2.32. The molecular weight excluding hydrogens is 271 g/mol. The zero-order valence-corrected chi connectivity index (χ0v) is 13.7. The Bertz CT molecular complexity index is 472. The molecule has 0 saturated carbocycles. The van der Waals surface area contributed by atoms with Gasteiger partial charge in [0, 0.05) is 10.6 Å². The van der Waals surface area contributed by atoms with Crippen molar-refractivity contribution in [3.63, 3.8) is 0 Å². The van der Waals surface area contributed by atoms with Gasteiger partial charge in [-0.05, 0) is 52.2 Å². The molecule has 1 saturated heterocycles. The van der Waals surface area contributed by atoms with E-state index in [9.17, 15) is 0 Å². The molecule has 0 atom stereocenters. The van der Waals surface area contributed by atoms with Crippen LogP contribution < -0.4 is 5.46 Å². The SMILES string of the molecule is Cc1cc(SCCO)ccc1B1OC(C)(C)C(C)(C)O1. The van der Waals surface area contributed by atoms with E-state index in [1.54, 1.807) is 11.8 Å². The number of benzene rings is 1. The van der Waals surface area contributed by atoms with Crippen LogP contribution >= 0.6 is 11.8 Å². The first kappa shape index (κ1) is 15.9. The Morgan fingerprint density at radius 1 is 1.15 bits per heavy atom. The molecule has 0 aliphatic carbocycles. The maximum atomic E-state index is 8.88. The maximum Gasteiger partial charge on any atom is 0.495 e. The van der Waals surface area contributed by atoms with Crippen LogP contribution in [0.1, 0.15) is 33.3 Å². The molecule has 0 spiro atoms. The smallest absolute Gasteiger partial charge is 0.399 e. The molecule has 1 aromatic carbocycles. The van der Waals surface area contributed by atoms with Crippen molar-refractivity contribution in [3.05, 3.63) is 23.8 Å². The molecule has 0 radical (unpaired) electrons. The van der Waals surface area contributed by atoms with Crippen molar-refractivity contribution in [2.24, 2.45) is 0 Å². The Balaban J connectivity index is 2.19. The fraction of sp³-hybridized carbons (Fsp3) is 0.600. The first-order chi connectivity index (χ1) is 9.27. The van der Waals surface area contributed by atoms with Gasteiger partial charge in [-0.2, -0.15) is 0 Å². The van der Waals surface area contributed by atoms with E-state index in [1.165, 1.54) is 0 Å². The van der Waals surface area contributed by atoms with Crippen LogP contribution in [0.15, 0.2) is 23.1 Å². The van der Waals surface area contributed by atoms with E-state index in [2.05, 4.69) is 52.8 Å². The lowest BCUT2D eigenvalue weighted by molar-refractivity contribution is 0.00578. The number of aliphatic hydroxyl groups is 1. The average Bonchev–Trinajstić information content (AvgIpc) is 2.55. The van der Waals surface area contributed by atoms with Crippen molar-refractivity contribution in [1.29, 1.82) is 0 Å². The summed E-state index contributed by atoms with van der Waals surface area (Å²) in [5, 5.41) is 8.88. The molecule has 110 valence electrons. The summed E-state index contributed by atoms with van der Waals surface area (Å²) in [6.45, 7) is 10.5. The van der Waals surface area contributed by atoms with Crippen LogP contribution in [0.25, 0.3) is 0 Å². The topological polar surface area (TPSA) is 38.7 Å². The monoisotopic (exact) mass is 294 g/mol. The largest absolute Gasteiger partial charge is 0.495 e. The highest BCUT2D eigenvalue weighted by molar-refractivity contribution is 7.99. The molecule has 1 aromatic rings. The van der Waals surface area contributed by atoms with Crippen molar-refractivity contribution in [3.8, 4) is 0 Å². The molecule has 1 N–H and O–H groups in total. The van der Waals surface area contributed by atoms with Gasteiger partial charge in [-0.1, -0.05) is 11.6 Å². The fourth-order valence-electron chi connectivity index (χ4n) is 2.14. The lowest BCUT2D eigenvalue weighted by atomic mass is 9.76. The predicted octanol–water partition coefficient (Wildman–Crippen LogP) is 2.38. The molecule has 3 nitrogen and oxygen atoms in total. The molecule has 1 aliphatic heterocycles. The standard InChI is InChI=1S/C15H23BO3S/c1-11-10-12(20-9-8-17)6-7-13(11)16-18-14(2,3)15(4,5)19-16/h6-7,10,17H,8-9H2,1-5H3. The molecule has 0 bridgehead atoms. The summed E-state index contributed by atoms with van der Waals surface area (Å²) in [6.07, 6.45) is 0. The summed E-state index contributed by atoms with van der Waals surface area (Å²) >= 11 is 1.65. The van der Waals surface area contributed by atoms with Crippen molar-refractivity contribution in [1.82, 2.24) is 0 Å². The van der Waals surface area contributed by atoms with Gasteiger partial charge < -0.3 is 14.4 Å². The normalized spacial score (nSPS) is 20.4.